The van der Waals surface area contributed by atoms with E-state index in [-0.39, 0.29) is 25.5 Å². The largest absolute Gasteiger partial charge is 0.527 e. The van der Waals surface area contributed by atoms with Crippen LogP contribution in [0.15, 0.2) is 48.5 Å². The van der Waals surface area contributed by atoms with Crippen molar-refractivity contribution in [3.8, 4) is 11.1 Å². The SMILES string of the molecule is C[C@@H]1CC(O)C[N+]1(C(=O)O)C(=O)OCC1c2ccccc2-c2ccccc21. The zero-order valence-electron chi connectivity index (χ0n) is 15.0. The number of aliphatic hydroxyl groups excluding tert-OH is 1. The van der Waals surface area contributed by atoms with Crippen LogP contribution in [0.25, 0.3) is 11.1 Å². The number of carbonyl (C=O) groups is 2. The quantitative estimate of drug-likeness (QED) is 0.792. The first-order valence-corrected chi connectivity index (χ1v) is 9.10. The van der Waals surface area contributed by atoms with Crippen molar-refractivity contribution in [3.63, 3.8) is 0 Å². The summed E-state index contributed by atoms with van der Waals surface area (Å²) in [6, 6.07) is 15.4. The van der Waals surface area contributed by atoms with Crippen molar-refractivity contribution in [3.05, 3.63) is 59.7 Å². The van der Waals surface area contributed by atoms with Gasteiger partial charge in [0.05, 0.1) is 0 Å². The van der Waals surface area contributed by atoms with Crippen molar-refractivity contribution < 1.29 is 29.0 Å². The molecular formula is C21H22NO5+. The molecule has 4 rings (SSSR count). The molecule has 1 aliphatic carbocycles. The Hall–Kier alpha value is -2.70. The van der Waals surface area contributed by atoms with Crippen LogP contribution in [0.2, 0.25) is 0 Å². The van der Waals surface area contributed by atoms with E-state index in [9.17, 15) is 19.8 Å². The van der Waals surface area contributed by atoms with E-state index in [4.69, 9.17) is 4.74 Å². The molecule has 6 nitrogen and oxygen atoms in total. The Morgan fingerprint density at radius 3 is 2.11 bits per heavy atom. The second-order valence-electron chi connectivity index (χ2n) is 7.38. The summed E-state index contributed by atoms with van der Waals surface area (Å²) >= 11 is 0. The van der Waals surface area contributed by atoms with E-state index in [0.29, 0.717) is 0 Å². The Morgan fingerprint density at radius 2 is 1.63 bits per heavy atom. The van der Waals surface area contributed by atoms with Crippen molar-refractivity contribution in [2.45, 2.75) is 31.4 Å². The molecule has 1 heterocycles. The number of hydrogen-bond donors (Lipinski definition) is 2. The fourth-order valence-corrected chi connectivity index (χ4v) is 4.47. The van der Waals surface area contributed by atoms with Crippen molar-refractivity contribution in [2.24, 2.45) is 0 Å². The fraction of sp³-hybridized carbons (Fsp3) is 0.333. The van der Waals surface area contributed by atoms with Crippen LogP contribution in [0.5, 0.6) is 0 Å². The second kappa shape index (κ2) is 6.48. The third-order valence-electron chi connectivity index (χ3n) is 5.87. The Kier molecular flexibility index (Phi) is 4.25. The van der Waals surface area contributed by atoms with Gasteiger partial charge in [-0.2, -0.15) is 9.59 Å². The molecule has 0 radical (unpaired) electrons. The Bertz CT molecular complexity index is 865. The van der Waals surface area contributed by atoms with Crippen LogP contribution < -0.4 is 0 Å². The van der Waals surface area contributed by atoms with E-state index in [0.717, 1.165) is 22.3 Å². The molecule has 1 saturated heterocycles. The fourth-order valence-electron chi connectivity index (χ4n) is 4.47. The summed E-state index contributed by atoms with van der Waals surface area (Å²) in [6.07, 6.45) is -2.66. The molecule has 0 saturated carbocycles. The van der Waals surface area contributed by atoms with Gasteiger partial charge in [-0.3, -0.25) is 0 Å². The summed E-state index contributed by atoms with van der Waals surface area (Å²) in [5.41, 5.74) is 4.37. The zero-order valence-corrected chi connectivity index (χ0v) is 15.0. The van der Waals surface area contributed by atoms with Crippen LogP contribution in [-0.2, 0) is 4.74 Å². The highest BCUT2D eigenvalue weighted by Crippen LogP contribution is 2.44. The number of aliphatic hydroxyl groups is 1. The number of ether oxygens (including phenoxy) is 1. The van der Waals surface area contributed by atoms with E-state index in [1.54, 1.807) is 6.92 Å². The molecule has 3 atom stereocenters. The summed E-state index contributed by atoms with van der Waals surface area (Å²) in [4.78, 5) is 24.7. The monoisotopic (exact) mass is 368 g/mol. The van der Waals surface area contributed by atoms with Gasteiger partial charge in [0.15, 0.2) is 0 Å². The topological polar surface area (TPSA) is 83.8 Å². The van der Waals surface area contributed by atoms with Crippen LogP contribution in [0.3, 0.4) is 0 Å². The average Bonchev–Trinajstić information content (AvgIpc) is 3.14. The summed E-state index contributed by atoms with van der Waals surface area (Å²) in [6.45, 7) is 1.57. The minimum atomic E-state index is -1.28. The normalized spacial score (nSPS) is 26.4. The minimum Gasteiger partial charge on any atom is -0.435 e. The molecule has 1 fully saturated rings. The number of imide groups is 1. The number of fused-ring (bicyclic) bond motifs is 3. The van der Waals surface area contributed by atoms with E-state index in [1.165, 1.54) is 0 Å². The molecular weight excluding hydrogens is 346 g/mol. The molecule has 6 heteroatoms. The smallest absolute Gasteiger partial charge is 0.435 e. The van der Waals surface area contributed by atoms with Gasteiger partial charge in [-0.05, 0) is 29.2 Å². The molecule has 2 aliphatic rings. The Labute approximate surface area is 157 Å². The molecule has 2 aromatic rings. The Balaban J connectivity index is 1.60. The highest BCUT2D eigenvalue weighted by molar-refractivity contribution is 5.79. The highest BCUT2D eigenvalue weighted by atomic mass is 16.6. The number of nitrogens with zero attached hydrogens (tertiary/aromatic N) is 1. The highest BCUT2D eigenvalue weighted by Gasteiger charge is 2.58. The molecule has 1 aliphatic heterocycles. The van der Waals surface area contributed by atoms with Gasteiger partial charge in [0, 0.05) is 12.3 Å². The molecule has 140 valence electrons. The third kappa shape index (κ3) is 2.64. The summed E-state index contributed by atoms with van der Waals surface area (Å²) in [5.74, 6) is -0.127. The maximum absolute atomic E-state index is 12.8. The predicted molar refractivity (Wildman–Crippen MR) is 98.3 cm³/mol. The molecule has 27 heavy (non-hydrogen) atoms. The van der Waals surface area contributed by atoms with Gasteiger partial charge in [0.25, 0.3) is 0 Å². The van der Waals surface area contributed by atoms with Crippen molar-refractivity contribution in [1.29, 1.82) is 0 Å². The minimum absolute atomic E-state index is 0.0724. The number of hydrogen-bond acceptors (Lipinski definition) is 4. The first-order valence-electron chi connectivity index (χ1n) is 9.10. The van der Waals surface area contributed by atoms with Crippen LogP contribution in [-0.4, -0.2) is 52.2 Å². The van der Waals surface area contributed by atoms with E-state index >= 15 is 0 Å². The Morgan fingerprint density at radius 1 is 1.07 bits per heavy atom. The summed E-state index contributed by atoms with van der Waals surface area (Å²) < 4.78 is 4.67. The number of carboxylic acid groups (broad SMARTS) is 1. The number of benzene rings is 2. The van der Waals surface area contributed by atoms with Crippen LogP contribution in [0.4, 0.5) is 9.59 Å². The number of carbonyl (C=O) groups excluding carboxylic acids is 1. The number of quaternary nitrogens is 1. The lowest BCUT2D eigenvalue weighted by atomic mass is 9.98. The lowest BCUT2D eigenvalue weighted by Gasteiger charge is -2.28. The van der Waals surface area contributed by atoms with Gasteiger partial charge in [0.2, 0.25) is 0 Å². The van der Waals surface area contributed by atoms with Crippen molar-refractivity contribution in [2.75, 3.05) is 13.2 Å². The van der Waals surface area contributed by atoms with Crippen LogP contribution >= 0.6 is 0 Å². The van der Waals surface area contributed by atoms with E-state index in [2.05, 4.69) is 0 Å². The lowest BCUT2D eigenvalue weighted by Crippen LogP contribution is -2.59. The zero-order chi connectivity index (χ0) is 19.2. The molecule has 0 bridgehead atoms. The third-order valence-corrected chi connectivity index (χ3v) is 5.87. The molecule has 0 spiro atoms. The number of likely N-dealkylation sites (tertiary alicyclic amines) is 1. The van der Waals surface area contributed by atoms with Gasteiger partial charge in [-0.25, -0.2) is 0 Å². The van der Waals surface area contributed by atoms with Gasteiger partial charge in [-0.1, -0.05) is 48.5 Å². The molecule has 2 N–H and O–H groups in total. The van der Waals surface area contributed by atoms with Crippen LogP contribution in [0, 0.1) is 0 Å². The predicted octanol–water partition coefficient (Wildman–Crippen LogP) is 3.58. The van der Waals surface area contributed by atoms with Gasteiger partial charge in [0.1, 0.15) is 25.3 Å². The van der Waals surface area contributed by atoms with Crippen molar-refractivity contribution in [1.82, 2.24) is 0 Å². The first kappa shape index (κ1) is 17.7. The maximum Gasteiger partial charge on any atom is 0.527 e. The maximum atomic E-state index is 12.8. The molecule has 2 amide bonds. The molecule has 2 aromatic carbocycles. The van der Waals surface area contributed by atoms with Gasteiger partial charge >= 0.3 is 12.2 Å². The standard InChI is InChI=1S/C21H21NO5/c1-13-10-14(23)11-22(13,20(24)25)21(26)27-12-19-17-8-4-2-6-15(17)16-7-3-5-9-18(16)19/h2-9,13-14,19,23H,10-12H2,1H3/p+1/t13-,14?,22?/m1/s1. The van der Waals surface area contributed by atoms with Gasteiger partial charge in [-0.15, -0.1) is 4.48 Å². The number of amides is 2. The lowest BCUT2D eigenvalue weighted by molar-refractivity contribution is -0.797. The van der Waals surface area contributed by atoms with Crippen molar-refractivity contribution >= 4 is 12.2 Å². The first-order chi connectivity index (χ1) is 12.9. The van der Waals surface area contributed by atoms with E-state index in [1.807, 2.05) is 48.5 Å². The summed E-state index contributed by atoms with van der Waals surface area (Å²) in [7, 11) is 0. The average molecular weight is 368 g/mol. The van der Waals surface area contributed by atoms with E-state index < -0.39 is 28.8 Å². The summed E-state index contributed by atoms with van der Waals surface area (Å²) in [5, 5.41) is 19.6. The number of rotatable bonds is 2. The second-order valence-corrected chi connectivity index (χ2v) is 7.38. The molecule has 0 aromatic heterocycles. The van der Waals surface area contributed by atoms with Crippen LogP contribution in [0.1, 0.15) is 30.4 Å². The van der Waals surface area contributed by atoms with Gasteiger partial charge < -0.3 is 14.9 Å². The molecule has 2 unspecified atom stereocenters.